The van der Waals surface area contributed by atoms with E-state index in [1.54, 1.807) is 12.1 Å². The molecule has 0 spiro atoms. The first-order valence-electron chi connectivity index (χ1n) is 6.64. The number of fused-ring (bicyclic) bond motifs is 1. The lowest BCUT2D eigenvalue weighted by atomic mass is 10.2. The van der Waals surface area contributed by atoms with E-state index in [1.807, 2.05) is 0 Å². The number of phenols is 1. The Morgan fingerprint density at radius 1 is 1.38 bits per heavy atom. The van der Waals surface area contributed by atoms with Crippen LogP contribution in [0.4, 0.5) is 5.82 Å². The molecule has 0 saturated heterocycles. The summed E-state index contributed by atoms with van der Waals surface area (Å²) in [6.45, 7) is 0.323. The molecule has 0 fully saturated rings. The monoisotopic (exact) mass is 369 g/mol. The first kappa shape index (κ1) is 16.3. The summed E-state index contributed by atoms with van der Waals surface area (Å²) in [4.78, 5) is 14.8. The van der Waals surface area contributed by atoms with Crippen LogP contribution in [0.5, 0.6) is 11.8 Å². The number of halogens is 1. The Bertz CT molecular complexity index is 1000. The lowest BCUT2D eigenvalue weighted by Crippen LogP contribution is -2.10. The lowest BCUT2D eigenvalue weighted by Gasteiger charge is -2.09. The van der Waals surface area contributed by atoms with E-state index in [2.05, 4.69) is 25.3 Å². The van der Waals surface area contributed by atoms with Crippen LogP contribution in [0.3, 0.4) is 0 Å². The fourth-order valence-corrected chi connectivity index (χ4v) is 2.51. The maximum Gasteiger partial charge on any atom is 0.337 e. The average molecular weight is 370 g/mol. The van der Waals surface area contributed by atoms with Crippen molar-refractivity contribution in [2.75, 3.05) is 11.6 Å². The highest BCUT2D eigenvalue weighted by molar-refractivity contribution is 7.86. The molecule has 0 bridgehead atoms. The SMILES string of the molecule is CS(=O)(=O)Oc1nc(NCc2ccc(O)c(Cl)c2)c2[nH]cnc2n1. The van der Waals surface area contributed by atoms with Crippen molar-refractivity contribution in [3.8, 4) is 11.8 Å². The molecular weight excluding hydrogens is 358 g/mol. The van der Waals surface area contributed by atoms with Gasteiger partial charge in [0, 0.05) is 6.54 Å². The molecule has 0 saturated carbocycles. The van der Waals surface area contributed by atoms with E-state index in [-0.39, 0.29) is 22.4 Å². The van der Waals surface area contributed by atoms with Crippen LogP contribution in [0.25, 0.3) is 11.2 Å². The molecule has 2 aromatic heterocycles. The normalized spacial score (nSPS) is 11.6. The van der Waals surface area contributed by atoms with Gasteiger partial charge in [-0.15, -0.1) is 0 Å². The van der Waals surface area contributed by atoms with Gasteiger partial charge in [0.2, 0.25) is 0 Å². The number of aromatic hydroxyl groups is 1. The molecule has 126 valence electrons. The molecule has 0 unspecified atom stereocenters. The van der Waals surface area contributed by atoms with Crippen molar-refractivity contribution in [3.63, 3.8) is 0 Å². The molecular formula is C13H12ClN5O4S. The van der Waals surface area contributed by atoms with Crippen LogP contribution in [0.1, 0.15) is 5.56 Å². The van der Waals surface area contributed by atoms with E-state index in [1.165, 1.54) is 12.4 Å². The molecule has 3 N–H and O–H groups in total. The quantitative estimate of drug-likeness (QED) is 0.579. The summed E-state index contributed by atoms with van der Waals surface area (Å²) in [5.41, 5.74) is 1.55. The highest BCUT2D eigenvalue weighted by atomic mass is 35.5. The summed E-state index contributed by atoms with van der Waals surface area (Å²) in [5, 5.41) is 12.7. The zero-order chi connectivity index (χ0) is 17.3. The van der Waals surface area contributed by atoms with Gasteiger partial charge in [0.15, 0.2) is 11.5 Å². The van der Waals surface area contributed by atoms with Gasteiger partial charge in [0.05, 0.1) is 17.6 Å². The van der Waals surface area contributed by atoms with Crippen molar-refractivity contribution in [2.24, 2.45) is 0 Å². The molecule has 1 aromatic carbocycles. The van der Waals surface area contributed by atoms with Crippen molar-refractivity contribution < 1.29 is 17.7 Å². The van der Waals surface area contributed by atoms with Crippen molar-refractivity contribution in [1.29, 1.82) is 0 Å². The Hall–Kier alpha value is -2.59. The van der Waals surface area contributed by atoms with Gasteiger partial charge in [-0.1, -0.05) is 17.7 Å². The second-order valence-electron chi connectivity index (χ2n) is 4.88. The van der Waals surface area contributed by atoms with Crippen LogP contribution >= 0.6 is 11.6 Å². The number of hydrogen-bond donors (Lipinski definition) is 3. The number of nitrogens with one attached hydrogen (secondary N) is 2. The fourth-order valence-electron chi connectivity index (χ4n) is 1.96. The zero-order valence-electron chi connectivity index (χ0n) is 12.3. The molecule has 0 aliphatic heterocycles. The molecule has 0 aliphatic rings. The van der Waals surface area contributed by atoms with E-state index >= 15 is 0 Å². The summed E-state index contributed by atoms with van der Waals surface area (Å²) in [6.07, 6.45) is 2.31. The van der Waals surface area contributed by atoms with Gasteiger partial charge in [-0.3, -0.25) is 0 Å². The molecule has 3 rings (SSSR count). The topological polar surface area (TPSA) is 130 Å². The largest absolute Gasteiger partial charge is 0.506 e. The number of phenolic OH excluding ortho intramolecular Hbond substituents is 1. The molecule has 0 aliphatic carbocycles. The van der Waals surface area contributed by atoms with E-state index in [9.17, 15) is 13.5 Å². The number of imidazole rings is 1. The molecule has 11 heteroatoms. The smallest absolute Gasteiger partial charge is 0.337 e. The van der Waals surface area contributed by atoms with Crippen molar-refractivity contribution >= 4 is 38.7 Å². The van der Waals surface area contributed by atoms with E-state index in [0.717, 1.165) is 11.8 Å². The van der Waals surface area contributed by atoms with Crippen LogP contribution in [0.2, 0.25) is 5.02 Å². The Morgan fingerprint density at radius 2 is 2.17 bits per heavy atom. The van der Waals surface area contributed by atoms with Crippen LogP contribution in [-0.4, -0.2) is 39.7 Å². The van der Waals surface area contributed by atoms with Crippen LogP contribution < -0.4 is 9.50 Å². The first-order chi connectivity index (χ1) is 11.3. The van der Waals surface area contributed by atoms with Gasteiger partial charge in [-0.25, -0.2) is 4.98 Å². The van der Waals surface area contributed by atoms with Crippen LogP contribution in [0.15, 0.2) is 24.5 Å². The minimum absolute atomic E-state index is 0.0118. The predicted molar refractivity (Wildman–Crippen MR) is 87.6 cm³/mol. The van der Waals surface area contributed by atoms with Crippen LogP contribution in [-0.2, 0) is 16.7 Å². The molecule has 0 radical (unpaired) electrons. The molecule has 9 nitrogen and oxygen atoms in total. The summed E-state index contributed by atoms with van der Waals surface area (Å²) in [5.74, 6) is 0.308. The number of aromatic amines is 1. The first-order valence-corrected chi connectivity index (χ1v) is 8.83. The number of hydrogen-bond acceptors (Lipinski definition) is 8. The number of anilines is 1. The third kappa shape index (κ3) is 3.66. The van der Waals surface area contributed by atoms with Gasteiger partial charge in [0.1, 0.15) is 11.3 Å². The molecule has 3 aromatic rings. The molecule has 24 heavy (non-hydrogen) atoms. The standard InChI is InChI=1S/C13H12ClN5O4S/c1-24(21,22)23-13-18-11(10-12(19-13)17-6-16-10)15-5-7-2-3-9(20)8(14)4-7/h2-4,6,20H,5H2,1H3,(H2,15,16,17,18,19). The fraction of sp³-hybridized carbons (Fsp3) is 0.154. The van der Waals surface area contributed by atoms with Crippen LogP contribution in [0, 0.1) is 0 Å². The lowest BCUT2D eigenvalue weighted by molar-refractivity contribution is 0.472. The number of benzene rings is 1. The molecule has 2 heterocycles. The minimum Gasteiger partial charge on any atom is -0.506 e. The third-order valence-electron chi connectivity index (χ3n) is 2.96. The van der Waals surface area contributed by atoms with Crippen molar-refractivity contribution in [2.45, 2.75) is 6.54 Å². The second kappa shape index (κ2) is 6.13. The van der Waals surface area contributed by atoms with Gasteiger partial charge >= 0.3 is 16.1 Å². The Morgan fingerprint density at radius 3 is 2.88 bits per heavy atom. The van der Waals surface area contributed by atoms with Gasteiger partial charge < -0.3 is 19.6 Å². The van der Waals surface area contributed by atoms with Gasteiger partial charge in [0.25, 0.3) is 0 Å². The van der Waals surface area contributed by atoms with E-state index in [0.29, 0.717) is 17.9 Å². The zero-order valence-corrected chi connectivity index (χ0v) is 13.9. The molecule has 0 amide bonds. The van der Waals surface area contributed by atoms with Crippen molar-refractivity contribution in [3.05, 3.63) is 35.1 Å². The average Bonchev–Trinajstić information content (AvgIpc) is 2.95. The summed E-state index contributed by atoms with van der Waals surface area (Å²) in [7, 11) is -3.76. The number of aromatic nitrogens is 4. The Kier molecular flexibility index (Phi) is 4.16. The second-order valence-corrected chi connectivity index (χ2v) is 6.86. The maximum atomic E-state index is 11.2. The van der Waals surface area contributed by atoms with Gasteiger partial charge in [-0.05, 0) is 17.7 Å². The number of nitrogens with zero attached hydrogens (tertiary/aromatic N) is 3. The third-order valence-corrected chi connectivity index (χ3v) is 3.72. The summed E-state index contributed by atoms with van der Waals surface area (Å²) < 4.78 is 27.2. The minimum atomic E-state index is -3.76. The van der Waals surface area contributed by atoms with Crippen molar-refractivity contribution in [1.82, 2.24) is 19.9 Å². The Labute approximate surface area is 141 Å². The van der Waals surface area contributed by atoms with E-state index < -0.39 is 10.1 Å². The molecule has 0 atom stereocenters. The highest BCUT2D eigenvalue weighted by Gasteiger charge is 2.14. The number of rotatable bonds is 5. The summed E-state index contributed by atoms with van der Waals surface area (Å²) in [6, 6.07) is 4.43. The van der Waals surface area contributed by atoms with E-state index in [4.69, 9.17) is 15.8 Å². The van der Waals surface area contributed by atoms with Gasteiger partial charge in [-0.2, -0.15) is 18.4 Å². The number of H-pyrrole nitrogens is 1. The maximum absolute atomic E-state index is 11.2. The predicted octanol–water partition coefficient (Wildman–Crippen LogP) is 1.66. The highest BCUT2D eigenvalue weighted by Crippen LogP contribution is 2.25. The summed E-state index contributed by atoms with van der Waals surface area (Å²) >= 11 is 5.86. The Balaban J connectivity index is 1.89.